The number of carbonyl (C=O) groups is 1. The maximum atomic E-state index is 12.6. The van der Waals surface area contributed by atoms with Gasteiger partial charge in [-0.05, 0) is 56.9 Å². The van der Waals surface area contributed by atoms with Gasteiger partial charge in [0.2, 0.25) is 5.88 Å². The molecule has 0 radical (unpaired) electrons. The van der Waals surface area contributed by atoms with E-state index in [2.05, 4.69) is 21.4 Å². The van der Waals surface area contributed by atoms with E-state index in [4.69, 9.17) is 4.74 Å². The van der Waals surface area contributed by atoms with Crippen LogP contribution in [0.25, 0.3) is 0 Å². The Bertz CT molecular complexity index is 743. The highest BCUT2D eigenvalue weighted by molar-refractivity contribution is 5.89. The zero-order chi connectivity index (χ0) is 17.8. The number of hydrogen-bond donors (Lipinski definition) is 1. The minimum Gasteiger partial charge on any atom is -0.472 e. The Hall–Kier alpha value is -2.63. The van der Waals surface area contributed by atoms with Crippen molar-refractivity contribution in [2.75, 3.05) is 18.4 Å². The van der Waals surface area contributed by atoms with E-state index >= 15 is 0 Å². The van der Waals surface area contributed by atoms with Gasteiger partial charge < -0.3 is 15.0 Å². The number of aryl methyl sites for hydroxylation is 3. The van der Waals surface area contributed by atoms with Gasteiger partial charge in [-0.15, -0.1) is 0 Å². The van der Waals surface area contributed by atoms with E-state index in [1.54, 1.807) is 17.2 Å². The van der Waals surface area contributed by atoms with Crippen LogP contribution < -0.4 is 10.1 Å². The first-order valence-corrected chi connectivity index (χ1v) is 8.60. The minimum absolute atomic E-state index is 0.0481. The van der Waals surface area contributed by atoms with Gasteiger partial charge in [-0.1, -0.05) is 6.07 Å². The summed E-state index contributed by atoms with van der Waals surface area (Å²) >= 11 is 0. The van der Waals surface area contributed by atoms with Crippen LogP contribution in [0.3, 0.4) is 0 Å². The molecule has 1 aliphatic heterocycles. The number of ether oxygens (including phenoxy) is 1. The van der Waals surface area contributed by atoms with E-state index < -0.39 is 0 Å². The summed E-state index contributed by atoms with van der Waals surface area (Å²) in [5.74, 6) is 1.24. The Morgan fingerprint density at radius 1 is 1.24 bits per heavy atom. The number of benzene rings is 1. The van der Waals surface area contributed by atoms with E-state index in [0.717, 1.165) is 36.2 Å². The first kappa shape index (κ1) is 17.2. The summed E-state index contributed by atoms with van der Waals surface area (Å²) in [6.07, 6.45) is 3.46. The number of nitrogens with one attached hydrogen (secondary N) is 1. The molecular weight excluding hydrogens is 316 g/mol. The van der Waals surface area contributed by atoms with Gasteiger partial charge in [0.15, 0.2) is 0 Å². The summed E-state index contributed by atoms with van der Waals surface area (Å²) in [5, 5.41) is 2.99. The van der Waals surface area contributed by atoms with Gasteiger partial charge in [0.05, 0.1) is 6.54 Å². The van der Waals surface area contributed by atoms with Crippen molar-refractivity contribution in [2.45, 2.75) is 39.7 Å². The van der Waals surface area contributed by atoms with Crippen LogP contribution in [-0.2, 0) is 0 Å². The van der Waals surface area contributed by atoms with Crippen molar-refractivity contribution in [1.82, 2.24) is 14.9 Å². The normalized spacial score (nSPS) is 17.2. The van der Waals surface area contributed by atoms with Gasteiger partial charge in [0.25, 0.3) is 0 Å². The standard InChI is InChI=1S/C19H24N4O2/c1-13-9-14(2)11-16(10-13)22-19(24)23-8-4-5-17(12-23)25-18-6-7-20-15(3)21-18/h6-7,9-11,17H,4-5,8,12H2,1-3H3,(H,22,24)/t17-/m0/s1. The maximum absolute atomic E-state index is 12.6. The van der Waals surface area contributed by atoms with Crippen molar-refractivity contribution in [3.8, 4) is 5.88 Å². The molecule has 3 rings (SSSR count). The third kappa shape index (κ3) is 4.68. The average Bonchev–Trinajstić information content (AvgIpc) is 2.54. The molecule has 6 nitrogen and oxygen atoms in total. The van der Waals surface area contributed by atoms with Crippen LogP contribution in [0, 0.1) is 20.8 Å². The van der Waals surface area contributed by atoms with Crippen molar-refractivity contribution in [3.63, 3.8) is 0 Å². The summed E-state index contributed by atoms with van der Waals surface area (Å²) in [6.45, 7) is 7.17. The molecule has 0 spiro atoms. The van der Waals surface area contributed by atoms with E-state index in [1.807, 2.05) is 32.9 Å². The summed E-state index contributed by atoms with van der Waals surface area (Å²) < 4.78 is 5.93. The maximum Gasteiger partial charge on any atom is 0.321 e. The fraction of sp³-hybridized carbons (Fsp3) is 0.421. The molecule has 25 heavy (non-hydrogen) atoms. The zero-order valence-corrected chi connectivity index (χ0v) is 15.0. The predicted octanol–water partition coefficient (Wildman–Crippen LogP) is 3.48. The van der Waals surface area contributed by atoms with E-state index in [1.165, 1.54) is 0 Å². The lowest BCUT2D eigenvalue weighted by Crippen LogP contribution is -2.46. The van der Waals surface area contributed by atoms with Crippen LogP contribution in [0.1, 0.15) is 29.8 Å². The monoisotopic (exact) mass is 340 g/mol. The Morgan fingerprint density at radius 2 is 2.00 bits per heavy atom. The summed E-state index contributed by atoms with van der Waals surface area (Å²) in [7, 11) is 0. The van der Waals surface area contributed by atoms with Crippen LogP contribution in [0.4, 0.5) is 10.5 Å². The molecule has 2 heterocycles. The predicted molar refractivity (Wildman–Crippen MR) is 96.9 cm³/mol. The molecule has 0 aliphatic carbocycles. The van der Waals surface area contributed by atoms with Gasteiger partial charge in [-0.3, -0.25) is 0 Å². The third-order valence-corrected chi connectivity index (χ3v) is 4.18. The summed E-state index contributed by atoms with van der Waals surface area (Å²) in [5.41, 5.74) is 3.10. The van der Waals surface area contributed by atoms with Crippen molar-refractivity contribution in [3.05, 3.63) is 47.4 Å². The highest BCUT2D eigenvalue weighted by atomic mass is 16.5. The minimum atomic E-state index is -0.0860. The van der Waals surface area contributed by atoms with Crippen LogP contribution in [0.15, 0.2) is 30.5 Å². The first-order chi connectivity index (χ1) is 12.0. The van der Waals surface area contributed by atoms with Crippen LogP contribution in [0.2, 0.25) is 0 Å². The van der Waals surface area contributed by atoms with Gasteiger partial charge >= 0.3 is 6.03 Å². The Kier molecular flexibility index (Phi) is 5.16. The first-order valence-electron chi connectivity index (χ1n) is 8.60. The molecule has 0 unspecified atom stereocenters. The number of nitrogens with zero attached hydrogens (tertiary/aromatic N) is 3. The second-order valence-electron chi connectivity index (χ2n) is 6.58. The third-order valence-electron chi connectivity index (χ3n) is 4.18. The van der Waals surface area contributed by atoms with Gasteiger partial charge in [-0.25, -0.2) is 9.78 Å². The molecule has 2 aromatic rings. The Balaban J connectivity index is 1.61. The SMILES string of the molecule is Cc1cc(C)cc(NC(=O)N2CCC[C@H](Oc3ccnc(C)n3)C2)c1. The number of rotatable bonds is 3. The fourth-order valence-corrected chi connectivity index (χ4v) is 3.14. The number of hydrogen-bond acceptors (Lipinski definition) is 4. The second kappa shape index (κ2) is 7.51. The number of piperidine rings is 1. The Morgan fingerprint density at radius 3 is 2.72 bits per heavy atom. The lowest BCUT2D eigenvalue weighted by molar-refractivity contribution is 0.102. The molecule has 0 bridgehead atoms. The highest BCUT2D eigenvalue weighted by Crippen LogP contribution is 2.19. The number of likely N-dealkylation sites (tertiary alicyclic amines) is 1. The largest absolute Gasteiger partial charge is 0.472 e. The second-order valence-corrected chi connectivity index (χ2v) is 6.58. The number of amides is 2. The zero-order valence-electron chi connectivity index (χ0n) is 15.0. The molecule has 1 fully saturated rings. The number of aromatic nitrogens is 2. The smallest absolute Gasteiger partial charge is 0.321 e. The molecule has 1 N–H and O–H groups in total. The van der Waals surface area contributed by atoms with Gasteiger partial charge in [-0.2, -0.15) is 4.98 Å². The van der Waals surface area contributed by atoms with Crippen LogP contribution in [-0.4, -0.2) is 40.1 Å². The summed E-state index contributed by atoms with van der Waals surface area (Å²) in [4.78, 5) is 22.7. The quantitative estimate of drug-likeness (QED) is 0.929. The molecule has 1 aromatic heterocycles. The molecule has 1 saturated heterocycles. The Labute approximate surface area is 148 Å². The van der Waals surface area contributed by atoms with Crippen molar-refractivity contribution in [2.24, 2.45) is 0 Å². The molecule has 1 atom stereocenters. The van der Waals surface area contributed by atoms with Crippen molar-refractivity contribution in [1.29, 1.82) is 0 Å². The fourth-order valence-electron chi connectivity index (χ4n) is 3.14. The number of anilines is 1. The lowest BCUT2D eigenvalue weighted by Gasteiger charge is -2.32. The molecule has 2 amide bonds. The molecule has 0 saturated carbocycles. The number of carbonyl (C=O) groups excluding carboxylic acids is 1. The molecular formula is C19H24N4O2. The van der Waals surface area contributed by atoms with Gasteiger partial charge in [0.1, 0.15) is 11.9 Å². The lowest BCUT2D eigenvalue weighted by atomic mass is 10.1. The number of urea groups is 1. The van der Waals surface area contributed by atoms with Crippen LogP contribution in [0.5, 0.6) is 5.88 Å². The van der Waals surface area contributed by atoms with Crippen molar-refractivity contribution < 1.29 is 9.53 Å². The molecule has 1 aromatic carbocycles. The molecule has 132 valence electrons. The highest BCUT2D eigenvalue weighted by Gasteiger charge is 2.25. The van der Waals surface area contributed by atoms with Gasteiger partial charge in [0, 0.05) is 24.5 Å². The van der Waals surface area contributed by atoms with E-state index in [9.17, 15) is 4.79 Å². The molecule has 6 heteroatoms. The van der Waals surface area contributed by atoms with E-state index in [-0.39, 0.29) is 12.1 Å². The topological polar surface area (TPSA) is 67.4 Å². The average molecular weight is 340 g/mol. The van der Waals surface area contributed by atoms with E-state index in [0.29, 0.717) is 18.2 Å². The van der Waals surface area contributed by atoms with Crippen molar-refractivity contribution >= 4 is 11.7 Å². The van der Waals surface area contributed by atoms with Crippen LogP contribution >= 0.6 is 0 Å². The summed E-state index contributed by atoms with van der Waals surface area (Å²) in [6, 6.07) is 7.71. The molecule has 1 aliphatic rings.